The van der Waals surface area contributed by atoms with Crippen molar-refractivity contribution in [3.05, 3.63) is 93.2 Å². The fourth-order valence-electron chi connectivity index (χ4n) is 2.25. The largest absolute Gasteiger partial charge is 0.291 e. The molecule has 0 unspecified atom stereocenters. The van der Waals surface area contributed by atoms with Gasteiger partial charge in [-0.3, -0.25) is 9.89 Å². The third-order valence-electron chi connectivity index (χ3n) is 3.37. The van der Waals surface area contributed by atoms with Gasteiger partial charge in [0.1, 0.15) is 0 Å². The predicted octanol–water partition coefficient (Wildman–Crippen LogP) is 2.07. The Morgan fingerprint density at radius 3 is 2.27 bits per heavy atom. The molecule has 0 amide bonds. The third kappa shape index (κ3) is 2.83. The molecule has 1 aromatic heterocycles. The van der Waals surface area contributed by atoms with Crippen LogP contribution in [-0.4, -0.2) is 9.78 Å². The SMILES string of the molecule is C=c1[nH]n(-c2ccccc2)c(=O)/c1=C\C=C\c1ccccc1. The first-order valence-electron chi connectivity index (χ1n) is 7.04. The Kier molecular flexibility index (Phi) is 3.88. The van der Waals surface area contributed by atoms with Crippen LogP contribution in [0, 0.1) is 0 Å². The summed E-state index contributed by atoms with van der Waals surface area (Å²) in [6.07, 6.45) is 5.61. The highest BCUT2D eigenvalue weighted by molar-refractivity contribution is 5.57. The van der Waals surface area contributed by atoms with Crippen LogP contribution in [0.5, 0.6) is 0 Å². The van der Waals surface area contributed by atoms with Crippen LogP contribution in [0.3, 0.4) is 0 Å². The van der Waals surface area contributed by atoms with Gasteiger partial charge in [0, 0.05) is 0 Å². The van der Waals surface area contributed by atoms with E-state index in [1.165, 1.54) is 4.68 Å². The lowest BCUT2D eigenvalue weighted by Gasteiger charge is -1.98. The van der Waals surface area contributed by atoms with Crippen LogP contribution in [0.1, 0.15) is 5.56 Å². The minimum atomic E-state index is -0.103. The molecule has 0 aliphatic heterocycles. The molecular weight excluding hydrogens is 272 g/mol. The van der Waals surface area contributed by atoms with E-state index in [0.29, 0.717) is 10.6 Å². The van der Waals surface area contributed by atoms with E-state index in [1.807, 2.05) is 72.8 Å². The van der Waals surface area contributed by atoms with Gasteiger partial charge in [-0.05, 0) is 23.8 Å². The van der Waals surface area contributed by atoms with Crippen LogP contribution >= 0.6 is 0 Å². The van der Waals surface area contributed by atoms with Crippen molar-refractivity contribution in [3.63, 3.8) is 0 Å². The van der Waals surface area contributed by atoms with Gasteiger partial charge in [0.2, 0.25) is 0 Å². The van der Waals surface area contributed by atoms with E-state index >= 15 is 0 Å². The number of nitrogens with one attached hydrogen (secondary N) is 1. The van der Waals surface area contributed by atoms with E-state index in [2.05, 4.69) is 11.7 Å². The van der Waals surface area contributed by atoms with Gasteiger partial charge in [-0.15, -0.1) is 0 Å². The van der Waals surface area contributed by atoms with Crippen molar-refractivity contribution >= 4 is 18.7 Å². The number of H-pyrrole nitrogens is 1. The third-order valence-corrected chi connectivity index (χ3v) is 3.37. The second-order valence-electron chi connectivity index (χ2n) is 4.92. The topological polar surface area (TPSA) is 37.8 Å². The average molecular weight is 288 g/mol. The van der Waals surface area contributed by atoms with E-state index in [4.69, 9.17) is 0 Å². The number of benzene rings is 2. The Morgan fingerprint density at radius 2 is 1.59 bits per heavy atom. The van der Waals surface area contributed by atoms with Crippen LogP contribution in [0.15, 0.2) is 71.5 Å². The van der Waals surface area contributed by atoms with E-state index in [-0.39, 0.29) is 5.56 Å². The van der Waals surface area contributed by atoms with Gasteiger partial charge in [-0.1, -0.05) is 67.3 Å². The fourth-order valence-corrected chi connectivity index (χ4v) is 2.25. The fraction of sp³-hybridized carbons (Fsp3) is 0. The predicted molar refractivity (Wildman–Crippen MR) is 91.1 cm³/mol. The molecule has 0 atom stereocenters. The molecule has 0 saturated heterocycles. The molecule has 108 valence electrons. The first-order chi connectivity index (χ1) is 10.8. The number of aromatic nitrogens is 2. The van der Waals surface area contributed by atoms with Crippen LogP contribution < -0.4 is 16.1 Å². The van der Waals surface area contributed by atoms with Crippen LogP contribution in [0.4, 0.5) is 0 Å². The molecule has 0 radical (unpaired) electrons. The zero-order valence-electron chi connectivity index (χ0n) is 12.1. The second-order valence-corrected chi connectivity index (χ2v) is 4.92. The minimum absolute atomic E-state index is 0.103. The molecular formula is C19H16N2O. The maximum Gasteiger partial charge on any atom is 0.279 e. The van der Waals surface area contributed by atoms with Crippen molar-refractivity contribution in [1.29, 1.82) is 0 Å². The van der Waals surface area contributed by atoms with Gasteiger partial charge < -0.3 is 0 Å². The van der Waals surface area contributed by atoms with E-state index in [0.717, 1.165) is 11.3 Å². The number of rotatable bonds is 3. The van der Waals surface area contributed by atoms with Gasteiger partial charge in [-0.25, -0.2) is 4.68 Å². The molecule has 0 saturated carbocycles. The number of para-hydroxylation sites is 1. The lowest BCUT2D eigenvalue weighted by molar-refractivity contribution is 0.838. The number of hydrogen-bond donors (Lipinski definition) is 1. The van der Waals surface area contributed by atoms with E-state index in [9.17, 15) is 4.79 Å². The molecule has 0 spiro atoms. The average Bonchev–Trinajstić information content (AvgIpc) is 2.85. The molecule has 0 fully saturated rings. The van der Waals surface area contributed by atoms with Crippen molar-refractivity contribution in [2.75, 3.05) is 0 Å². The summed E-state index contributed by atoms with van der Waals surface area (Å²) in [4.78, 5) is 12.5. The minimum Gasteiger partial charge on any atom is -0.291 e. The Hall–Kier alpha value is -3.07. The monoisotopic (exact) mass is 288 g/mol. The summed E-state index contributed by atoms with van der Waals surface area (Å²) in [5, 5.41) is 4.17. The van der Waals surface area contributed by atoms with Crippen molar-refractivity contribution in [2.24, 2.45) is 0 Å². The number of hydrogen-bond acceptors (Lipinski definition) is 1. The molecule has 1 heterocycles. The van der Waals surface area contributed by atoms with Crippen molar-refractivity contribution in [3.8, 4) is 5.69 Å². The lowest BCUT2D eigenvalue weighted by Crippen LogP contribution is -2.33. The Bertz CT molecular complexity index is 948. The van der Waals surface area contributed by atoms with Gasteiger partial charge in [0.05, 0.1) is 16.3 Å². The summed E-state index contributed by atoms with van der Waals surface area (Å²) >= 11 is 0. The van der Waals surface area contributed by atoms with E-state index < -0.39 is 0 Å². The molecule has 0 bridgehead atoms. The van der Waals surface area contributed by atoms with E-state index in [1.54, 1.807) is 6.08 Å². The highest BCUT2D eigenvalue weighted by Crippen LogP contribution is 2.01. The van der Waals surface area contributed by atoms with Crippen LogP contribution in [0.25, 0.3) is 24.4 Å². The zero-order valence-corrected chi connectivity index (χ0v) is 12.1. The van der Waals surface area contributed by atoms with Crippen molar-refractivity contribution < 1.29 is 0 Å². The summed E-state index contributed by atoms with van der Waals surface area (Å²) in [5.41, 5.74) is 1.78. The summed E-state index contributed by atoms with van der Waals surface area (Å²) < 4.78 is 1.50. The molecule has 1 N–H and O–H groups in total. The highest BCUT2D eigenvalue weighted by atomic mass is 16.1. The Morgan fingerprint density at radius 1 is 0.955 bits per heavy atom. The number of nitrogens with zero attached hydrogens (tertiary/aromatic N) is 1. The van der Waals surface area contributed by atoms with Crippen LogP contribution in [0.2, 0.25) is 0 Å². The molecule has 3 nitrogen and oxygen atoms in total. The standard InChI is InChI=1S/C19H16N2O/c1-15-18(14-8-11-16-9-4-2-5-10-16)19(22)21(20-15)17-12-6-3-7-13-17/h2-14,20H,1H2/b11-8+,18-14-. The van der Waals surface area contributed by atoms with Gasteiger partial charge in [0.25, 0.3) is 5.56 Å². The number of aromatic amines is 1. The molecule has 2 aromatic carbocycles. The summed E-state index contributed by atoms with van der Waals surface area (Å²) in [6.45, 7) is 3.91. The molecule has 0 aliphatic rings. The quantitative estimate of drug-likeness (QED) is 0.787. The number of allylic oxidation sites excluding steroid dienone is 1. The van der Waals surface area contributed by atoms with Gasteiger partial charge in [0.15, 0.2) is 0 Å². The highest BCUT2D eigenvalue weighted by Gasteiger charge is 2.02. The van der Waals surface area contributed by atoms with Crippen molar-refractivity contribution in [1.82, 2.24) is 9.78 Å². The molecule has 22 heavy (non-hydrogen) atoms. The smallest absolute Gasteiger partial charge is 0.279 e. The first kappa shape index (κ1) is 13.9. The summed E-state index contributed by atoms with van der Waals surface area (Å²) in [6, 6.07) is 19.4. The molecule has 0 aliphatic carbocycles. The molecule has 3 heteroatoms. The molecule has 3 rings (SSSR count). The zero-order chi connectivity index (χ0) is 15.4. The Labute approximate surface area is 128 Å². The van der Waals surface area contributed by atoms with Crippen LogP contribution in [-0.2, 0) is 0 Å². The summed E-state index contributed by atoms with van der Waals surface area (Å²) in [5.74, 6) is 0. The maximum atomic E-state index is 12.5. The first-order valence-corrected chi connectivity index (χ1v) is 7.04. The normalized spacial score (nSPS) is 12.1. The lowest BCUT2D eigenvalue weighted by atomic mass is 10.2. The summed E-state index contributed by atoms with van der Waals surface area (Å²) in [7, 11) is 0. The van der Waals surface area contributed by atoms with Gasteiger partial charge in [-0.2, -0.15) is 0 Å². The van der Waals surface area contributed by atoms with Crippen molar-refractivity contribution in [2.45, 2.75) is 0 Å². The van der Waals surface area contributed by atoms with Gasteiger partial charge >= 0.3 is 0 Å². The Balaban J connectivity index is 2.01. The maximum absolute atomic E-state index is 12.5. The molecule has 3 aromatic rings. The second kappa shape index (κ2) is 6.14.